The third-order valence-corrected chi connectivity index (χ3v) is 6.36. The molecule has 3 aromatic carbocycles. The Morgan fingerprint density at radius 1 is 0.906 bits per heavy atom. The second kappa shape index (κ2) is 8.39. The highest BCUT2D eigenvalue weighted by Gasteiger charge is 2.41. The van der Waals surface area contributed by atoms with Gasteiger partial charge in [0, 0.05) is 22.0 Å². The minimum atomic E-state index is -0.385. The number of fused-ring (bicyclic) bond motifs is 3. The van der Waals surface area contributed by atoms with Crippen molar-refractivity contribution in [2.75, 3.05) is 21.3 Å². The van der Waals surface area contributed by atoms with Crippen LogP contribution in [0.4, 0.5) is 0 Å². The summed E-state index contributed by atoms with van der Waals surface area (Å²) in [6.45, 7) is 0. The summed E-state index contributed by atoms with van der Waals surface area (Å²) in [6, 6.07) is 20.0. The van der Waals surface area contributed by atoms with E-state index in [9.17, 15) is 0 Å². The van der Waals surface area contributed by atoms with Crippen LogP contribution in [-0.4, -0.2) is 32.0 Å². The van der Waals surface area contributed by atoms with Crippen LogP contribution < -0.4 is 18.9 Å². The minimum absolute atomic E-state index is 0.0615. The Kier molecular flexibility index (Phi) is 5.43. The molecule has 0 fully saturated rings. The first-order chi connectivity index (χ1) is 15.6. The van der Waals surface area contributed by atoms with Gasteiger partial charge in [-0.25, -0.2) is 5.01 Å². The van der Waals surface area contributed by atoms with Crippen LogP contribution in [-0.2, 0) is 0 Å². The maximum atomic E-state index is 6.46. The SMILES string of the molecule is COc1ccc(C2=NN3[C@@H](C2)c2cc(Br)ccc2O[C@H]3c2ccc(OC)c(OC)c2)cc1. The maximum absolute atomic E-state index is 6.46. The second-order valence-corrected chi connectivity index (χ2v) is 8.56. The van der Waals surface area contributed by atoms with E-state index in [1.54, 1.807) is 21.3 Å². The molecule has 0 unspecified atom stereocenters. The van der Waals surface area contributed by atoms with Crippen molar-refractivity contribution in [3.8, 4) is 23.0 Å². The molecule has 0 N–H and O–H groups in total. The molecule has 2 atom stereocenters. The van der Waals surface area contributed by atoms with E-state index in [0.29, 0.717) is 11.5 Å². The van der Waals surface area contributed by atoms with Crippen molar-refractivity contribution < 1.29 is 18.9 Å². The van der Waals surface area contributed by atoms with Gasteiger partial charge in [0.1, 0.15) is 11.5 Å². The predicted octanol–water partition coefficient (Wildman–Crippen LogP) is 5.72. The van der Waals surface area contributed by atoms with Gasteiger partial charge in [-0.2, -0.15) is 5.10 Å². The Morgan fingerprint density at radius 2 is 1.69 bits per heavy atom. The highest BCUT2D eigenvalue weighted by atomic mass is 79.9. The molecule has 164 valence electrons. The summed E-state index contributed by atoms with van der Waals surface area (Å²) in [5.74, 6) is 3.02. The van der Waals surface area contributed by atoms with Gasteiger partial charge in [0.25, 0.3) is 0 Å². The molecule has 0 saturated heterocycles. The topological polar surface area (TPSA) is 52.5 Å². The van der Waals surface area contributed by atoms with E-state index in [0.717, 1.165) is 44.8 Å². The predicted molar refractivity (Wildman–Crippen MR) is 126 cm³/mol. The van der Waals surface area contributed by atoms with Gasteiger partial charge in [0.05, 0.1) is 33.1 Å². The van der Waals surface area contributed by atoms with Crippen LogP contribution >= 0.6 is 15.9 Å². The van der Waals surface area contributed by atoms with Gasteiger partial charge < -0.3 is 18.9 Å². The molecule has 2 aliphatic rings. The molecule has 3 aromatic rings. The van der Waals surface area contributed by atoms with Gasteiger partial charge in [-0.05, 0) is 66.2 Å². The van der Waals surface area contributed by atoms with Crippen LogP contribution in [0.1, 0.15) is 35.4 Å². The molecule has 0 radical (unpaired) electrons. The zero-order chi connectivity index (χ0) is 22.2. The summed E-state index contributed by atoms with van der Waals surface area (Å²) in [5.41, 5.74) is 4.15. The molecule has 2 heterocycles. The maximum Gasteiger partial charge on any atom is 0.214 e. The summed E-state index contributed by atoms with van der Waals surface area (Å²) in [6.07, 6.45) is 0.396. The van der Waals surface area contributed by atoms with Crippen LogP contribution in [0, 0.1) is 0 Å². The average molecular weight is 495 g/mol. The molecule has 7 heteroatoms. The number of hydrazone groups is 1. The number of ether oxygens (including phenoxy) is 4. The number of benzene rings is 3. The zero-order valence-electron chi connectivity index (χ0n) is 18.0. The van der Waals surface area contributed by atoms with Gasteiger partial charge in [0.2, 0.25) is 6.23 Å². The lowest BCUT2D eigenvalue weighted by Gasteiger charge is -2.38. The summed E-state index contributed by atoms with van der Waals surface area (Å²) < 4.78 is 23.7. The fourth-order valence-corrected chi connectivity index (χ4v) is 4.62. The van der Waals surface area contributed by atoms with Crippen molar-refractivity contribution in [3.63, 3.8) is 0 Å². The Labute approximate surface area is 195 Å². The van der Waals surface area contributed by atoms with E-state index in [2.05, 4.69) is 27.0 Å². The molecule has 32 heavy (non-hydrogen) atoms. The first-order valence-electron chi connectivity index (χ1n) is 10.3. The molecule has 2 aliphatic heterocycles. The summed E-state index contributed by atoms with van der Waals surface area (Å²) >= 11 is 3.60. The molecule has 0 spiro atoms. The summed E-state index contributed by atoms with van der Waals surface area (Å²) in [7, 11) is 4.93. The zero-order valence-corrected chi connectivity index (χ0v) is 19.6. The van der Waals surface area contributed by atoms with Gasteiger partial charge >= 0.3 is 0 Å². The summed E-state index contributed by atoms with van der Waals surface area (Å²) in [5, 5.41) is 7.07. The van der Waals surface area contributed by atoms with Gasteiger partial charge in [0.15, 0.2) is 11.5 Å². The van der Waals surface area contributed by atoms with Gasteiger partial charge in [-0.3, -0.25) is 0 Å². The lowest BCUT2D eigenvalue weighted by atomic mass is 9.96. The van der Waals surface area contributed by atoms with Gasteiger partial charge in [-0.15, -0.1) is 0 Å². The van der Waals surface area contributed by atoms with Crippen LogP contribution in [0.5, 0.6) is 23.0 Å². The largest absolute Gasteiger partial charge is 0.497 e. The van der Waals surface area contributed by atoms with Crippen molar-refractivity contribution in [3.05, 3.63) is 81.8 Å². The Balaban J connectivity index is 1.58. The number of halogens is 1. The number of hydrogen-bond donors (Lipinski definition) is 0. The van der Waals surface area contributed by atoms with Crippen LogP contribution in [0.2, 0.25) is 0 Å². The van der Waals surface area contributed by atoms with E-state index in [1.165, 1.54) is 0 Å². The number of hydrogen-bond acceptors (Lipinski definition) is 6. The Morgan fingerprint density at radius 3 is 2.41 bits per heavy atom. The molecule has 5 rings (SSSR count). The average Bonchev–Trinajstić information content (AvgIpc) is 3.29. The lowest BCUT2D eigenvalue weighted by molar-refractivity contribution is -0.0192. The van der Waals surface area contributed by atoms with Crippen LogP contribution in [0.3, 0.4) is 0 Å². The smallest absolute Gasteiger partial charge is 0.214 e. The Bertz CT molecular complexity index is 1180. The first-order valence-corrected chi connectivity index (χ1v) is 11.1. The van der Waals surface area contributed by atoms with Crippen molar-refractivity contribution in [1.82, 2.24) is 5.01 Å². The first kappa shape index (κ1) is 20.7. The van der Waals surface area contributed by atoms with Crippen LogP contribution in [0.25, 0.3) is 0 Å². The molecule has 0 aromatic heterocycles. The molecule has 0 saturated carbocycles. The van der Waals surface area contributed by atoms with Crippen molar-refractivity contribution >= 4 is 21.6 Å². The lowest BCUT2D eigenvalue weighted by Crippen LogP contribution is -2.33. The van der Waals surface area contributed by atoms with Crippen molar-refractivity contribution in [2.24, 2.45) is 5.10 Å². The normalized spacial score (nSPS) is 18.9. The number of rotatable bonds is 5. The van der Waals surface area contributed by atoms with E-state index in [-0.39, 0.29) is 12.3 Å². The molecule has 6 nitrogen and oxygen atoms in total. The second-order valence-electron chi connectivity index (χ2n) is 7.64. The fourth-order valence-electron chi connectivity index (χ4n) is 4.24. The van der Waals surface area contributed by atoms with Crippen LogP contribution in [0.15, 0.2) is 70.2 Å². The van der Waals surface area contributed by atoms with E-state index in [4.69, 9.17) is 24.0 Å². The van der Waals surface area contributed by atoms with Crippen molar-refractivity contribution in [1.29, 1.82) is 0 Å². The van der Waals surface area contributed by atoms with Gasteiger partial charge in [-0.1, -0.05) is 15.9 Å². The third kappa shape index (κ3) is 3.56. The van der Waals surface area contributed by atoms with E-state index in [1.807, 2.05) is 54.6 Å². The quantitative estimate of drug-likeness (QED) is 0.454. The standard InChI is InChI=1S/C25H23BrN2O4/c1-29-18-8-4-15(5-9-18)20-14-21-19-13-17(26)7-11-22(19)32-25(28(21)27-20)16-6-10-23(30-2)24(12-16)31-3/h4-13,21,25H,14H2,1-3H3/t21-,25-/m0/s1. The molecule has 0 aliphatic carbocycles. The van der Waals surface area contributed by atoms with E-state index < -0.39 is 0 Å². The molecular formula is C25H23BrN2O4. The van der Waals surface area contributed by atoms with Crippen molar-refractivity contribution in [2.45, 2.75) is 18.7 Å². The fraction of sp³-hybridized carbons (Fsp3) is 0.240. The molecule has 0 bridgehead atoms. The monoisotopic (exact) mass is 494 g/mol. The highest BCUT2D eigenvalue weighted by Crippen LogP contribution is 2.49. The molecule has 0 amide bonds. The number of nitrogens with zero attached hydrogens (tertiary/aromatic N) is 2. The summed E-state index contributed by atoms with van der Waals surface area (Å²) in [4.78, 5) is 0. The number of methoxy groups -OCH3 is 3. The molecular weight excluding hydrogens is 472 g/mol. The third-order valence-electron chi connectivity index (χ3n) is 5.87. The van der Waals surface area contributed by atoms with E-state index >= 15 is 0 Å². The Hall–Kier alpha value is -3.19. The highest BCUT2D eigenvalue weighted by molar-refractivity contribution is 9.10. The minimum Gasteiger partial charge on any atom is -0.497 e.